The van der Waals surface area contributed by atoms with E-state index in [-0.39, 0.29) is 11.9 Å². The van der Waals surface area contributed by atoms with Crippen LogP contribution in [0.3, 0.4) is 0 Å². The maximum atomic E-state index is 12.5. The number of nitrogens with zero attached hydrogens (tertiary/aromatic N) is 3. The highest BCUT2D eigenvalue weighted by atomic mass is 16.5. The van der Waals surface area contributed by atoms with Crippen LogP contribution in [0.2, 0.25) is 0 Å². The van der Waals surface area contributed by atoms with Crippen LogP contribution in [0.1, 0.15) is 30.9 Å². The van der Waals surface area contributed by atoms with Crippen LogP contribution >= 0.6 is 0 Å². The SMILES string of the molecule is CCOC(=O)C1CCCN(c2c(N3CCN(c4cc(C)ccc4C)CC3)c(=O)c2=O)C1. The molecule has 2 aliphatic rings. The van der Waals surface area contributed by atoms with Crippen LogP contribution in [0.25, 0.3) is 0 Å². The van der Waals surface area contributed by atoms with Gasteiger partial charge in [0.25, 0.3) is 10.9 Å². The Balaban J connectivity index is 1.48. The van der Waals surface area contributed by atoms with Crippen LogP contribution in [-0.2, 0) is 9.53 Å². The Labute approximate surface area is 182 Å². The van der Waals surface area contributed by atoms with E-state index < -0.39 is 10.9 Å². The van der Waals surface area contributed by atoms with E-state index in [1.54, 1.807) is 6.92 Å². The van der Waals surface area contributed by atoms with Gasteiger partial charge in [0.05, 0.1) is 12.5 Å². The number of esters is 1. The molecular formula is C24H31N3O4. The number of ether oxygens (including phenoxy) is 1. The van der Waals surface area contributed by atoms with E-state index in [0.717, 1.165) is 25.9 Å². The number of rotatable bonds is 5. The van der Waals surface area contributed by atoms with Crippen molar-refractivity contribution in [3.8, 4) is 0 Å². The van der Waals surface area contributed by atoms with E-state index in [4.69, 9.17) is 4.74 Å². The second-order valence-corrected chi connectivity index (χ2v) is 8.66. The van der Waals surface area contributed by atoms with Crippen LogP contribution in [0.5, 0.6) is 0 Å². The molecule has 0 bridgehead atoms. The minimum absolute atomic E-state index is 0.213. The third kappa shape index (κ3) is 4.05. The predicted octanol–water partition coefficient (Wildman–Crippen LogP) is 2.01. The molecule has 1 unspecified atom stereocenters. The number of hydrogen-bond donors (Lipinski definition) is 0. The van der Waals surface area contributed by atoms with Gasteiger partial charge in [0.2, 0.25) is 0 Å². The molecule has 0 aromatic heterocycles. The van der Waals surface area contributed by atoms with Gasteiger partial charge in [-0.2, -0.15) is 0 Å². The van der Waals surface area contributed by atoms with E-state index in [1.165, 1.54) is 16.8 Å². The molecule has 2 aromatic rings. The van der Waals surface area contributed by atoms with Gasteiger partial charge in [-0.25, -0.2) is 0 Å². The summed E-state index contributed by atoms with van der Waals surface area (Å²) < 4.78 is 5.17. The van der Waals surface area contributed by atoms with Crippen LogP contribution in [-0.4, -0.2) is 51.8 Å². The zero-order chi connectivity index (χ0) is 22.1. The highest BCUT2D eigenvalue weighted by Gasteiger charge is 2.35. The first-order valence-corrected chi connectivity index (χ1v) is 11.2. The minimum atomic E-state index is -0.420. The molecule has 1 atom stereocenters. The van der Waals surface area contributed by atoms with Gasteiger partial charge in [-0.3, -0.25) is 14.4 Å². The van der Waals surface area contributed by atoms with Gasteiger partial charge < -0.3 is 19.4 Å². The molecule has 0 spiro atoms. The van der Waals surface area contributed by atoms with E-state index >= 15 is 0 Å². The van der Waals surface area contributed by atoms with Crippen molar-refractivity contribution in [1.82, 2.24) is 0 Å². The molecule has 2 heterocycles. The van der Waals surface area contributed by atoms with Gasteiger partial charge in [-0.1, -0.05) is 12.1 Å². The summed E-state index contributed by atoms with van der Waals surface area (Å²) in [7, 11) is 0. The zero-order valence-corrected chi connectivity index (χ0v) is 18.6. The summed E-state index contributed by atoms with van der Waals surface area (Å²) >= 11 is 0. The van der Waals surface area contributed by atoms with Crippen LogP contribution in [0.15, 0.2) is 27.8 Å². The normalized spacial score (nSPS) is 19.7. The monoisotopic (exact) mass is 425 g/mol. The summed E-state index contributed by atoms with van der Waals surface area (Å²) in [6.07, 6.45) is 1.57. The molecule has 2 aliphatic heterocycles. The zero-order valence-electron chi connectivity index (χ0n) is 18.6. The lowest BCUT2D eigenvalue weighted by atomic mass is 9.96. The maximum absolute atomic E-state index is 12.5. The van der Waals surface area contributed by atoms with E-state index in [0.29, 0.717) is 44.2 Å². The van der Waals surface area contributed by atoms with E-state index in [9.17, 15) is 14.4 Å². The lowest BCUT2D eigenvalue weighted by Gasteiger charge is -2.41. The molecule has 0 amide bonds. The third-order valence-corrected chi connectivity index (χ3v) is 6.52. The third-order valence-electron chi connectivity index (χ3n) is 6.52. The lowest BCUT2D eigenvalue weighted by molar-refractivity contribution is -0.148. The van der Waals surface area contributed by atoms with Gasteiger partial charge in [0.1, 0.15) is 11.4 Å². The largest absolute Gasteiger partial charge is 0.466 e. The highest BCUT2D eigenvalue weighted by molar-refractivity contribution is 5.79. The fraction of sp³-hybridized carbons (Fsp3) is 0.542. The molecule has 7 heteroatoms. The van der Waals surface area contributed by atoms with Crippen molar-refractivity contribution >= 4 is 23.0 Å². The van der Waals surface area contributed by atoms with Gasteiger partial charge in [0, 0.05) is 45.0 Å². The second-order valence-electron chi connectivity index (χ2n) is 8.66. The van der Waals surface area contributed by atoms with E-state index in [2.05, 4.69) is 41.8 Å². The number of piperazine rings is 1. The molecule has 166 valence electrons. The number of aryl methyl sites for hydroxylation is 2. The molecule has 0 aliphatic carbocycles. The number of piperidine rings is 1. The molecule has 4 rings (SSSR count). The van der Waals surface area contributed by atoms with Crippen LogP contribution in [0.4, 0.5) is 17.1 Å². The molecular weight excluding hydrogens is 394 g/mol. The Morgan fingerprint density at radius 1 is 0.968 bits per heavy atom. The van der Waals surface area contributed by atoms with Crippen molar-refractivity contribution in [2.24, 2.45) is 5.92 Å². The average molecular weight is 426 g/mol. The summed E-state index contributed by atoms with van der Waals surface area (Å²) in [6, 6.07) is 6.46. The van der Waals surface area contributed by atoms with Crippen molar-refractivity contribution in [1.29, 1.82) is 0 Å². The summed E-state index contributed by atoms with van der Waals surface area (Å²) in [4.78, 5) is 43.5. The average Bonchev–Trinajstić information content (AvgIpc) is 2.78. The van der Waals surface area contributed by atoms with Gasteiger partial charge in [-0.05, 0) is 50.8 Å². The Hall–Kier alpha value is -2.83. The summed E-state index contributed by atoms with van der Waals surface area (Å²) in [5.74, 6) is -0.457. The number of carbonyl (C=O) groups excluding carboxylic acids is 1. The molecule has 31 heavy (non-hydrogen) atoms. The maximum Gasteiger partial charge on any atom is 0.310 e. The molecule has 2 aromatic carbocycles. The number of carbonyl (C=O) groups is 1. The number of benzene rings is 1. The standard InChI is InChI=1S/C24H31N3O4/c1-4-31-24(30)18-6-5-9-27(15-18)21-20(22(28)23(21)29)26-12-10-25(11-13-26)19-14-16(2)7-8-17(19)3/h7-8,14,18H,4-6,9-13,15H2,1-3H3. The molecule has 2 saturated heterocycles. The van der Waals surface area contributed by atoms with Gasteiger partial charge in [-0.15, -0.1) is 0 Å². The van der Waals surface area contributed by atoms with Crippen molar-refractivity contribution in [3.63, 3.8) is 0 Å². The first-order valence-electron chi connectivity index (χ1n) is 11.2. The van der Waals surface area contributed by atoms with Crippen LogP contribution < -0.4 is 25.6 Å². The van der Waals surface area contributed by atoms with Crippen LogP contribution in [0, 0.1) is 19.8 Å². The number of anilines is 3. The van der Waals surface area contributed by atoms with Crippen molar-refractivity contribution in [3.05, 3.63) is 49.8 Å². The topological polar surface area (TPSA) is 70.2 Å². The Morgan fingerprint density at radius 2 is 1.61 bits per heavy atom. The van der Waals surface area contributed by atoms with Crippen molar-refractivity contribution in [2.45, 2.75) is 33.6 Å². The fourth-order valence-electron chi connectivity index (χ4n) is 4.82. The smallest absolute Gasteiger partial charge is 0.310 e. The van der Waals surface area contributed by atoms with Crippen molar-refractivity contribution in [2.75, 3.05) is 60.6 Å². The van der Waals surface area contributed by atoms with Crippen molar-refractivity contribution < 1.29 is 9.53 Å². The Bertz CT molecular complexity index is 1030. The molecule has 0 radical (unpaired) electrons. The Morgan fingerprint density at radius 3 is 2.29 bits per heavy atom. The molecule has 7 nitrogen and oxygen atoms in total. The second kappa shape index (κ2) is 8.73. The van der Waals surface area contributed by atoms with Gasteiger partial charge >= 0.3 is 5.97 Å². The predicted molar refractivity (Wildman–Crippen MR) is 123 cm³/mol. The highest BCUT2D eigenvalue weighted by Crippen LogP contribution is 2.31. The quantitative estimate of drug-likeness (QED) is 0.536. The summed E-state index contributed by atoms with van der Waals surface area (Å²) in [5.41, 5.74) is 3.93. The molecule has 2 fully saturated rings. The summed E-state index contributed by atoms with van der Waals surface area (Å²) in [5, 5.41) is 0. The lowest BCUT2D eigenvalue weighted by Crippen LogP contribution is -2.54. The fourth-order valence-corrected chi connectivity index (χ4v) is 4.82. The number of hydrogen-bond acceptors (Lipinski definition) is 7. The minimum Gasteiger partial charge on any atom is -0.466 e. The Kier molecular flexibility index (Phi) is 6.03. The van der Waals surface area contributed by atoms with Gasteiger partial charge in [0.15, 0.2) is 0 Å². The first-order chi connectivity index (χ1) is 14.9. The first kappa shape index (κ1) is 21.4. The summed E-state index contributed by atoms with van der Waals surface area (Å²) in [6.45, 7) is 10.5. The van der Waals surface area contributed by atoms with E-state index in [1.807, 2.05) is 4.90 Å². The molecule has 0 N–H and O–H groups in total. The molecule has 0 saturated carbocycles.